The van der Waals surface area contributed by atoms with Gasteiger partial charge in [0.05, 0.1) is 17.1 Å². The van der Waals surface area contributed by atoms with Gasteiger partial charge in [0.2, 0.25) is 0 Å². The molecule has 0 radical (unpaired) electrons. The summed E-state index contributed by atoms with van der Waals surface area (Å²) in [6.07, 6.45) is 2.03. The van der Waals surface area contributed by atoms with Crippen LogP contribution in [0, 0.1) is 0 Å². The van der Waals surface area contributed by atoms with E-state index in [4.69, 9.17) is 15.7 Å². The third kappa shape index (κ3) is 11.9. The molecular weight excluding hydrogens is 1010 g/mol. The molecule has 0 unspecified atom stereocenters. The van der Waals surface area contributed by atoms with E-state index in [9.17, 15) is 0 Å². The lowest BCUT2D eigenvalue weighted by molar-refractivity contribution is 0.0826. The van der Waals surface area contributed by atoms with Crippen molar-refractivity contribution in [1.82, 2.24) is 19.9 Å². The first-order valence-electron chi connectivity index (χ1n) is 29.9. The third-order valence-electron chi connectivity index (χ3n) is 16.9. The van der Waals surface area contributed by atoms with Crippen LogP contribution in [0.25, 0.3) is 78.3 Å². The minimum Gasteiger partial charge on any atom is -0.397 e. The van der Waals surface area contributed by atoms with Crippen molar-refractivity contribution in [3.8, 4) is 44.5 Å². The van der Waals surface area contributed by atoms with Crippen molar-refractivity contribution < 1.29 is 9.59 Å². The Labute approximate surface area is 496 Å². The first-order chi connectivity index (χ1) is 37.9. The Morgan fingerprint density at radius 3 is 0.759 bits per heavy atom. The maximum Gasteiger partial charge on any atom is 0.254 e. The third-order valence-corrected chi connectivity index (χ3v) is 16.9. The minimum atomic E-state index is -0.662. The largest absolute Gasteiger partial charge is 0.397 e. The molecule has 0 saturated carbocycles. The van der Waals surface area contributed by atoms with E-state index in [0.29, 0.717) is 39.2 Å². The number of benzene rings is 4. The van der Waals surface area contributed by atoms with Gasteiger partial charge in [0.25, 0.3) is 11.6 Å². The predicted octanol–water partition coefficient (Wildman–Crippen LogP) is 19.9. The Balaban J connectivity index is 1.61. The van der Waals surface area contributed by atoms with E-state index in [1.54, 1.807) is 0 Å². The van der Waals surface area contributed by atoms with E-state index in [0.717, 1.165) is 66.7 Å². The Bertz CT molecular complexity index is 3890. The summed E-state index contributed by atoms with van der Waals surface area (Å²) in [6.45, 7) is 53.6. The second kappa shape index (κ2) is 20.0. The number of nitrogens with zero attached hydrogens (tertiary/aromatic N) is 2. The number of H-pyrrole nitrogens is 2. The van der Waals surface area contributed by atoms with Gasteiger partial charge in [-0.2, -0.15) is 0 Å². The van der Waals surface area contributed by atoms with Gasteiger partial charge in [-0.25, -0.2) is 9.97 Å². The minimum absolute atomic E-state index is 0.0872. The molecule has 0 aliphatic carbocycles. The zero-order chi connectivity index (χ0) is 61.4. The highest BCUT2D eigenvalue weighted by Crippen LogP contribution is 2.45. The van der Waals surface area contributed by atoms with Crippen LogP contribution >= 0.6 is 0 Å². The van der Waals surface area contributed by atoms with E-state index in [1.165, 1.54) is 22.3 Å². The van der Waals surface area contributed by atoms with E-state index in [-0.39, 0.29) is 54.7 Å². The highest BCUT2D eigenvalue weighted by molar-refractivity contribution is 6.52. The van der Waals surface area contributed by atoms with Gasteiger partial charge in [-0.3, -0.25) is 9.59 Å². The second-order valence-electron chi connectivity index (χ2n) is 32.2. The number of carbonyl (C=O) groups excluding carboxylic acids is 2. The second-order valence-corrected chi connectivity index (χ2v) is 32.2. The van der Waals surface area contributed by atoms with Gasteiger partial charge < -0.3 is 15.7 Å². The standard InChI is InChI=1S/C76H93N5O2/c1-69(2,3)46-29-42(30-47(37-46)70(4,5)6)60-55-25-26-57(78-55)62(44-33-50(73(13,14)15)39-51(34-44)74(16,17)18)65-67(82)68(83)66(81-65)63(45-35-52(75(19,20)21)40-53(36-45)76(22,23)24)58-28-27-56(79-58)61(64-54(77)41-59(60)80-64)43-31-48(71(7,8)9)38-49(32-43)72(10,11)12/h25-41,78-79H,77H2,1-24H3. The molecule has 0 atom stereocenters. The number of Topliss-reactive ketones (excluding diaryl/α,β-unsaturated/α-hetero) is 2. The number of rotatable bonds is 4. The highest BCUT2D eigenvalue weighted by Gasteiger charge is 2.36. The summed E-state index contributed by atoms with van der Waals surface area (Å²) in [4.78, 5) is 50.3. The van der Waals surface area contributed by atoms with Crippen LogP contribution in [0.4, 0.5) is 0 Å². The van der Waals surface area contributed by atoms with E-state index < -0.39 is 11.6 Å². The molecule has 0 spiro atoms. The van der Waals surface area contributed by atoms with Crippen molar-refractivity contribution >= 4 is 45.4 Å². The molecule has 5 heterocycles. The molecule has 7 nitrogen and oxygen atoms in total. The molecule has 2 aliphatic heterocycles. The molecule has 9 rings (SSSR count). The number of ketones is 2. The van der Waals surface area contributed by atoms with Crippen LogP contribution in [-0.2, 0) is 43.3 Å². The fourth-order valence-corrected chi connectivity index (χ4v) is 11.2. The summed E-state index contributed by atoms with van der Waals surface area (Å²) < 4.78 is 0. The van der Waals surface area contributed by atoms with Gasteiger partial charge in [0.15, 0.2) is 0 Å². The topological polar surface area (TPSA) is 118 Å². The lowest BCUT2D eigenvalue weighted by atomic mass is 9.78. The fourth-order valence-electron chi connectivity index (χ4n) is 11.2. The quantitative estimate of drug-likeness (QED) is 0.152. The lowest BCUT2D eigenvalue weighted by Gasteiger charge is -2.26. The molecule has 2 aliphatic rings. The smallest absolute Gasteiger partial charge is 0.254 e. The Kier molecular flexibility index (Phi) is 14.6. The summed E-state index contributed by atoms with van der Waals surface area (Å²) >= 11 is 0. The summed E-state index contributed by atoms with van der Waals surface area (Å²) in [5.41, 5.74) is 26.0. The van der Waals surface area contributed by atoms with Crippen LogP contribution in [-0.4, -0.2) is 31.5 Å². The Morgan fingerprint density at radius 1 is 0.301 bits per heavy atom. The van der Waals surface area contributed by atoms with Crippen molar-refractivity contribution in [2.45, 2.75) is 209 Å². The van der Waals surface area contributed by atoms with Crippen LogP contribution in [0.5, 0.6) is 0 Å². The molecule has 7 heteroatoms. The predicted molar refractivity (Wildman–Crippen MR) is 353 cm³/mol. The van der Waals surface area contributed by atoms with Crippen LogP contribution < -0.4 is 5.73 Å². The van der Waals surface area contributed by atoms with Crippen molar-refractivity contribution in [2.75, 3.05) is 0 Å². The maximum atomic E-state index is 15.6. The van der Waals surface area contributed by atoms with Gasteiger partial charge >= 0.3 is 0 Å². The van der Waals surface area contributed by atoms with Gasteiger partial charge in [0, 0.05) is 44.3 Å². The molecule has 8 bridgehead atoms. The first kappa shape index (κ1) is 60.5. The number of carbonyl (C=O) groups is 2. The zero-order valence-corrected chi connectivity index (χ0v) is 54.6. The number of aromatic amines is 2. The number of fused-ring (bicyclic) bond motifs is 8. The maximum absolute atomic E-state index is 15.6. The molecule has 3 aromatic heterocycles. The van der Waals surface area contributed by atoms with Crippen molar-refractivity contribution in [3.63, 3.8) is 0 Å². The van der Waals surface area contributed by atoms with Crippen LogP contribution in [0.2, 0.25) is 0 Å². The average molecular weight is 1110 g/mol. The fraction of sp³-hybridized carbons (Fsp3) is 0.421. The van der Waals surface area contributed by atoms with Gasteiger partial charge in [-0.15, -0.1) is 0 Å². The number of nitrogens with two attached hydrogens (primary N) is 1. The van der Waals surface area contributed by atoms with Gasteiger partial charge in [0.1, 0.15) is 11.4 Å². The molecule has 4 aromatic carbocycles. The number of nitrogens with one attached hydrogen (secondary N) is 2. The number of hydrogen-bond acceptors (Lipinski definition) is 5. The molecule has 0 saturated heterocycles. The monoisotopic (exact) mass is 1110 g/mol. The van der Waals surface area contributed by atoms with Crippen molar-refractivity contribution in [2.24, 2.45) is 5.73 Å². The Hall–Kier alpha value is -7.12. The first-order valence-corrected chi connectivity index (χ1v) is 29.9. The normalized spacial score (nSPS) is 14.2. The molecule has 0 amide bonds. The van der Waals surface area contributed by atoms with E-state index in [1.807, 2.05) is 18.2 Å². The van der Waals surface area contributed by atoms with Crippen LogP contribution in [0.15, 0.2) is 97.1 Å². The summed E-state index contributed by atoms with van der Waals surface area (Å²) in [5, 5.41) is 0. The summed E-state index contributed by atoms with van der Waals surface area (Å²) in [6, 6.07) is 35.4. The van der Waals surface area contributed by atoms with E-state index >= 15 is 9.59 Å². The highest BCUT2D eigenvalue weighted by atomic mass is 16.2. The Morgan fingerprint density at radius 2 is 0.518 bits per heavy atom. The van der Waals surface area contributed by atoms with E-state index in [2.05, 4.69) is 261 Å². The molecule has 4 N–H and O–H groups in total. The molecule has 83 heavy (non-hydrogen) atoms. The molecule has 434 valence electrons. The molecule has 7 aromatic rings. The van der Waals surface area contributed by atoms with Gasteiger partial charge in [-0.05, 0) is 140 Å². The SMILES string of the molecule is CC(C)(C)c1cc(-c2c3nc(c(-c4cc(C(C)(C)C)cc(C(C)(C)C)c4)c4ccc([nH]4)c(-c4cc(C(C)(C)C)cc(C(C)(C)C)c4)c4nc(c(-c5cc(C(C)(C)C)cc(C(C)(C)C)c5)c5ccc2[nH]5)C(=O)C4=O)C(N)=C3)cc(C(C)(C)C)c1. The van der Waals surface area contributed by atoms with Crippen molar-refractivity contribution in [3.05, 3.63) is 164 Å². The number of aromatic nitrogens is 4. The average Bonchev–Trinajstić information content (AvgIpc) is 2.27. The summed E-state index contributed by atoms with van der Waals surface area (Å²) in [7, 11) is 0. The number of hydrogen-bond donors (Lipinski definition) is 3. The lowest BCUT2D eigenvalue weighted by Crippen LogP contribution is -2.17. The zero-order valence-electron chi connectivity index (χ0n) is 54.6. The van der Waals surface area contributed by atoms with Crippen molar-refractivity contribution in [1.29, 1.82) is 0 Å². The summed E-state index contributed by atoms with van der Waals surface area (Å²) in [5.74, 6) is -1.32. The molecule has 0 fully saturated rings. The van der Waals surface area contributed by atoms with Crippen LogP contribution in [0.3, 0.4) is 0 Å². The van der Waals surface area contributed by atoms with Crippen LogP contribution in [0.1, 0.15) is 243 Å². The molecular formula is C76H93N5O2. The van der Waals surface area contributed by atoms with Gasteiger partial charge in [-0.1, -0.05) is 239 Å².